The molecule has 1 fully saturated rings. The zero-order chi connectivity index (χ0) is 18.1. The van der Waals surface area contributed by atoms with Gasteiger partial charge in [0.25, 0.3) is 0 Å². The molecule has 8 nitrogen and oxygen atoms in total. The Morgan fingerprint density at radius 2 is 1.81 bits per heavy atom. The Kier molecular flexibility index (Phi) is 4.05. The number of nitrogens with zero attached hydrogens (tertiary/aromatic N) is 8. The van der Waals surface area contributed by atoms with Crippen molar-refractivity contribution in [3.05, 3.63) is 42.4 Å². The van der Waals surface area contributed by atoms with Crippen LogP contribution in [0.15, 0.2) is 36.7 Å². The van der Waals surface area contributed by atoms with E-state index in [1.807, 2.05) is 53.9 Å². The molecule has 1 aliphatic heterocycles. The number of rotatable bonds is 3. The molecule has 3 aromatic rings. The summed E-state index contributed by atoms with van der Waals surface area (Å²) in [5.74, 6) is 2.39. The van der Waals surface area contributed by atoms with Crippen molar-refractivity contribution in [2.24, 2.45) is 0 Å². The number of anilines is 3. The Morgan fingerprint density at radius 3 is 2.54 bits per heavy atom. The van der Waals surface area contributed by atoms with Gasteiger partial charge in [0.05, 0.1) is 0 Å². The van der Waals surface area contributed by atoms with Crippen LogP contribution in [-0.2, 0) is 0 Å². The average molecular weight is 348 g/mol. The van der Waals surface area contributed by atoms with Crippen LogP contribution in [0.1, 0.15) is 5.69 Å². The fraction of sp³-hybridized carbons (Fsp3) is 0.333. The number of hydrogen-bond donors (Lipinski definition) is 0. The van der Waals surface area contributed by atoms with E-state index in [4.69, 9.17) is 0 Å². The van der Waals surface area contributed by atoms with Crippen molar-refractivity contribution < 1.29 is 0 Å². The van der Waals surface area contributed by atoms with Gasteiger partial charge < -0.3 is 14.7 Å². The van der Waals surface area contributed by atoms with Crippen molar-refractivity contribution in [3.63, 3.8) is 0 Å². The van der Waals surface area contributed by atoms with E-state index in [-0.39, 0.29) is 0 Å². The lowest BCUT2D eigenvalue weighted by Crippen LogP contribution is -2.47. The molecule has 1 saturated heterocycles. The van der Waals surface area contributed by atoms with Gasteiger partial charge in [0.1, 0.15) is 17.5 Å². The molecule has 0 amide bonds. The Morgan fingerprint density at radius 1 is 1.04 bits per heavy atom. The second-order valence-electron chi connectivity index (χ2n) is 6.41. The summed E-state index contributed by atoms with van der Waals surface area (Å²) in [4.78, 5) is 19.9. The number of nitriles is 1. The zero-order valence-electron chi connectivity index (χ0n) is 14.9. The van der Waals surface area contributed by atoms with Crippen molar-refractivity contribution in [3.8, 4) is 6.07 Å². The van der Waals surface area contributed by atoms with Crippen LogP contribution in [0.2, 0.25) is 0 Å². The molecule has 26 heavy (non-hydrogen) atoms. The molecule has 0 aliphatic carbocycles. The molecular weight excluding hydrogens is 328 g/mol. The maximum atomic E-state index is 9.58. The summed E-state index contributed by atoms with van der Waals surface area (Å²) >= 11 is 0. The molecular formula is C18H20N8. The predicted molar refractivity (Wildman–Crippen MR) is 101 cm³/mol. The highest BCUT2D eigenvalue weighted by molar-refractivity contribution is 5.61. The van der Waals surface area contributed by atoms with E-state index in [1.54, 1.807) is 6.20 Å². The summed E-state index contributed by atoms with van der Waals surface area (Å²) in [6, 6.07) is 10.0. The molecule has 4 heterocycles. The smallest absolute Gasteiger partial charge is 0.226 e. The summed E-state index contributed by atoms with van der Waals surface area (Å²) in [6.07, 6.45) is 3.67. The minimum Gasteiger partial charge on any atom is -0.353 e. The first kappa shape index (κ1) is 16.1. The number of hydrogen-bond acceptors (Lipinski definition) is 7. The fourth-order valence-corrected chi connectivity index (χ4v) is 3.19. The first-order valence-corrected chi connectivity index (χ1v) is 8.55. The number of fused-ring (bicyclic) bond motifs is 1. The summed E-state index contributed by atoms with van der Waals surface area (Å²) in [5.41, 5.74) is 1.39. The third-order valence-electron chi connectivity index (χ3n) is 4.55. The monoisotopic (exact) mass is 348 g/mol. The highest BCUT2D eigenvalue weighted by atomic mass is 15.3. The second kappa shape index (κ2) is 6.52. The van der Waals surface area contributed by atoms with Crippen LogP contribution in [0.5, 0.6) is 0 Å². The van der Waals surface area contributed by atoms with Crippen molar-refractivity contribution in [1.82, 2.24) is 19.4 Å². The van der Waals surface area contributed by atoms with Crippen LogP contribution in [-0.4, -0.2) is 59.6 Å². The third kappa shape index (κ3) is 2.77. The molecule has 0 spiro atoms. The molecule has 0 unspecified atom stereocenters. The molecule has 0 radical (unpaired) electrons. The maximum Gasteiger partial charge on any atom is 0.226 e. The van der Waals surface area contributed by atoms with Gasteiger partial charge in [-0.1, -0.05) is 6.07 Å². The Bertz CT molecular complexity index is 963. The van der Waals surface area contributed by atoms with Crippen molar-refractivity contribution in [2.75, 3.05) is 55.0 Å². The Balaban J connectivity index is 1.54. The Hall–Kier alpha value is -3.34. The quantitative estimate of drug-likeness (QED) is 0.708. The molecule has 8 heteroatoms. The lowest BCUT2D eigenvalue weighted by molar-refractivity contribution is 0.641. The predicted octanol–water partition coefficient (Wildman–Crippen LogP) is 1.39. The van der Waals surface area contributed by atoms with Crippen molar-refractivity contribution in [1.29, 1.82) is 5.26 Å². The van der Waals surface area contributed by atoms with Gasteiger partial charge in [0.15, 0.2) is 11.5 Å². The molecule has 4 rings (SSSR count). The zero-order valence-corrected chi connectivity index (χ0v) is 14.9. The summed E-state index contributed by atoms with van der Waals surface area (Å²) in [6.45, 7) is 3.23. The van der Waals surface area contributed by atoms with Gasteiger partial charge in [0.2, 0.25) is 5.95 Å². The molecule has 132 valence electrons. The van der Waals surface area contributed by atoms with Crippen LogP contribution >= 0.6 is 0 Å². The number of imidazole rings is 1. The highest BCUT2D eigenvalue weighted by Gasteiger charge is 2.24. The van der Waals surface area contributed by atoms with E-state index in [9.17, 15) is 5.26 Å². The minimum absolute atomic E-state index is 0.589. The number of piperazine rings is 1. The van der Waals surface area contributed by atoms with Gasteiger partial charge in [-0.25, -0.2) is 9.97 Å². The first-order chi connectivity index (χ1) is 12.7. The van der Waals surface area contributed by atoms with Crippen LogP contribution in [0.25, 0.3) is 5.65 Å². The highest BCUT2D eigenvalue weighted by Crippen LogP contribution is 2.24. The molecule has 1 aliphatic rings. The number of pyridine rings is 1. The van der Waals surface area contributed by atoms with Crippen LogP contribution in [0.4, 0.5) is 17.6 Å². The third-order valence-corrected chi connectivity index (χ3v) is 4.55. The standard InChI is InChI=1S/C18H20N8/c1-23(2)18-20-7-6-15(22-18)24-9-11-25(12-10-24)17-14(13-19)26-8-4-3-5-16(26)21-17/h3-8H,9-12H2,1-2H3. The van der Waals surface area contributed by atoms with Gasteiger partial charge in [-0.2, -0.15) is 10.2 Å². The SMILES string of the molecule is CN(C)c1nccc(N2CCN(c3nc4ccccn4c3C#N)CC2)n1. The maximum absolute atomic E-state index is 9.58. The summed E-state index contributed by atoms with van der Waals surface area (Å²) in [7, 11) is 3.87. The lowest BCUT2D eigenvalue weighted by Gasteiger charge is -2.35. The second-order valence-corrected chi connectivity index (χ2v) is 6.41. The molecule has 0 bridgehead atoms. The van der Waals surface area contributed by atoms with Gasteiger partial charge >= 0.3 is 0 Å². The molecule has 0 aromatic carbocycles. The normalized spacial score (nSPS) is 14.5. The largest absolute Gasteiger partial charge is 0.353 e. The van der Waals surface area contributed by atoms with E-state index < -0.39 is 0 Å². The van der Waals surface area contributed by atoms with Gasteiger partial charge in [-0.05, 0) is 18.2 Å². The fourth-order valence-electron chi connectivity index (χ4n) is 3.19. The lowest BCUT2D eigenvalue weighted by atomic mass is 10.3. The van der Waals surface area contributed by atoms with E-state index in [0.29, 0.717) is 11.6 Å². The average Bonchev–Trinajstić information content (AvgIpc) is 3.07. The van der Waals surface area contributed by atoms with E-state index in [0.717, 1.165) is 43.5 Å². The summed E-state index contributed by atoms with van der Waals surface area (Å²) < 4.78 is 1.84. The van der Waals surface area contributed by atoms with Crippen molar-refractivity contribution >= 4 is 23.2 Å². The first-order valence-electron chi connectivity index (χ1n) is 8.55. The molecule has 0 atom stereocenters. The topological polar surface area (TPSA) is 76.6 Å². The van der Waals surface area contributed by atoms with Crippen LogP contribution in [0.3, 0.4) is 0 Å². The van der Waals surface area contributed by atoms with Gasteiger partial charge in [0, 0.05) is 52.7 Å². The summed E-state index contributed by atoms with van der Waals surface area (Å²) in [5, 5.41) is 9.58. The van der Waals surface area contributed by atoms with Crippen molar-refractivity contribution in [2.45, 2.75) is 0 Å². The van der Waals surface area contributed by atoms with E-state index >= 15 is 0 Å². The van der Waals surface area contributed by atoms with Gasteiger partial charge in [-0.3, -0.25) is 4.40 Å². The number of aromatic nitrogens is 4. The minimum atomic E-state index is 0.589. The Labute approximate surface area is 151 Å². The molecule has 0 N–H and O–H groups in total. The van der Waals surface area contributed by atoms with Gasteiger partial charge in [-0.15, -0.1) is 0 Å². The van der Waals surface area contributed by atoms with Crippen LogP contribution in [0, 0.1) is 11.3 Å². The molecule has 0 saturated carbocycles. The van der Waals surface area contributed by atoms with Crippen LogP contribution < -0.4 is 14.7 Å². The van der Waals surface area contributed by atoms with E-state index in [2.05, 4.69) is 30.8 Å². The van der Waals surface area contributed by atoms with E-state index in [1.165, 1.54) is 0 Å². The molecule has 3 aromatic heterocycles.